The first-order valence-corrected chi connectivity index (χ1v) is 10.4. The van der Waals surface area contributed by atoms with Crippen molar-refractivity contribution in [2.45, 2.75) is 46.7 Å². The molecule has 2 N–H and O–H groups in total. The topological polar surface area (TPSA) is 76.0 Å². The normalized spacial score (nSPS) is 12.2. The second kappa shape index (κ2) is 9.57. The van der Waals surface area contributed by atoms with Crippen molar-refractivity contribution in [2.24, 2.45) is 5.92 Å². The lowest BCUT2D eigenvalue weighted by molar-refractivity contribution is -0.123. The Morgan fingerprint density at radius 1 is 1.03 bits per heavy atom. The SMILES string of the molecule is Cc1ccc(C(=O)NC(C(=O)NCCCn2c(C)nc3ccccc32)C(C)C)cc1. The Kier molecular flexibility index (Phi) is 6.87. The monoisotopic (exact) mass is 406 g/mol. The molecule has 30 heavy (non-hydrogen) atoms. The molecular weight excluding hydrogens is 376 g/mol. The Morgan fingerprint density at radius 2 is 1.73 bits per heavy atom. The molecule has 1 unspecified atom stereocenters. The third-order valence-electron chi connectivity index (χ3n) is 5.25. The van der Waals surface area contributed by atoms with Crippen LogP contribution < -0.4 is 10.6 Å². The number of nitrogens with zero attached hydrogens (tertiary/aromatic N) is 2. The van der Waals surface area contributed by atoms with Crippen LogP contribution in [0.15, 0.2) is 48.5 Å². The first-order valence-electron chi connectivity index (χ1n) is 10.4. The minimum absolute atomic E-state index is 0.0146. The highest BCUT2D eigenvalue weighted by atomic mass is 16.2. The van der Waals surface area contributed by atoms with E-state index < -0.39 is 6.04 Å². The molecule has 6 nitrogen and oxygen atoms in total. The third-order valence-corrected chi connectivity index (χ3v) is 5.25. The maximum atomic E-state index is 12.7. The summed E-state index contributed by atoms with van der Waals surface area (Å²) < 4.78 is 2.17. The van der Waals surface area contributed by atoms with Crippen LogP contribution in [0.3, 0.4) is 0 Å². The predicted octanol–water partition coefficient (Wildman–Crippen LogP) is 3.61. The molecular formula is C24H30N4O2. The smallest absolute Gasteiger partial charge is 0.251 e. The molecule has 0 aliphatic carbocycles. The van der Waals surface area contributed by atoms with Crippen LogP contribution in [0.1, 0.15) is 42.0 Å². The number of carbonyl (C=O) groups excluding carboxylic acids is 2. The lowest BCUT2D eigenvalue weighted by Crippen LogP contribution is -2.49. The van der Waals surface area contributed by atoms with Crippen molar-refractivity contribution >= 4 is 22.8 Å². The molecule has 0 saturated carbocycles. The lowest BCUT2D eigenvalue weighted by atomic mass is 10.0. The molecule has 158 valence electrons. The highest BCUT2D eigenvalue weighted by Crippen LogP contribution is 2.15. The molecule has 3 rings (SSSR count). The molecule has 1 heterocycles. The molecule has 1 atom stereocenters. The minimum Gasteiger partial charge on any atom is -0.354 e. The van der Waals surface area contributed by atoms with Gasteiger partial charge in [-0.2, -0.15) is 0 Å². The fourth-order valence-corrected chi connectivity index (χ4v) is 3.50. The Balaban J connectivity index is 1.54. The van der Waals surface area contributed by atoms with E-state index in [4.69, 9.17) is 0 Å². The number of aromatic nitrogens is 2. The zero-order valence-electron chi connectivity index (χ0n) is 18.1. The Hall–Kier alpha value is -3.15. The number of benzene rings is 2. The van der Waals surface area contributed by atoms with E-state index in [0.29, 0.717) is 12.1 Å². The number of fused-ring (bicyclic) bond motifs is 1. The molecule has 0 bridgehead atoms. The van der Waals surface area contributed by atoms with Crippen molar-refractivity contribution in [1.82, 2.24) is 20.2 Å². The Bertz CT molecular complexity index is 1020. The number of rotatable bonds is 8. The standard InChI is InChI=1S/C24H30N4O2/c1-16(2)22(27-23(29)19-12-10-17(3)11-13-19)24(30)25-14-7-15-28-18(4)26-20-8-5-6-9-21(20)28/h5-6,8-13,16,22H,7,14-15H2,1-4H3,(H,25,30)(H,27,29). The maximum absolute atomic E-state index is 12.7. The van der Waals surface area contributed by atoms with Crippen molar-refractivity contribution in [2.75, 3.05) is 6.54 Å². The molecule has 1 aromatic heterocycles. The Morgan fingerprint density at radius 3 is 2.43 bits per heavy atom. The van der Waals surface area contributed by atoms with Crippen molar-refractivity contribution in [3.8, 4) is 0 Å². The largest absolute Gasteiger partial charge is 0.354 e. The van der Waals surface area contributed by atoms with E-state index in [-0.39, 0.29) is 17.7 Å². The van der Waals surface area contributed by atoms with Gasteiger partial charge >= 0.3 is 0 Å². The van der Waals surface area contributed by atoms with Crippen LogP contribution in [-0.4, -0.2) is 34.0 Å². The first kappa shape index (κ1) is 21.6. The maximum Gasteiger partial charge on any atom is 0.251 e. The number of nitrogens with one attached hydrogen (secondary N) is 2. The van der Waals surface area contributed by atoms with Crippen molar-refractivity contribution in [1.29, 1.82) is 0 Å². The van der Waals surface area contributed by atoms with E-state index in [1.807, 2.05) is 58.0 Å². The number of para-hydroxylation sites is 2. The van der Waals surface area contributed by atoms with Gasteiger partial charge in [0.25, 0.3) is 5.91 Å². The summed E-state index contributed by atoms with van der Waals surface area (Å²) in [6.45, 7) is 9.14. The quantitative estimate of drug-likeness (QED) is 0.561. The van der Waals surface area contributed by atoms with Gasteiger partial charge in [0, 0.05) is 18.7 Å². The van der Waals surface area contributed by atoms with Gasteiger partial charge in [0.15, 0.2) is 0 Å². The summed E-state index contributed by atoms with van der Waals surface area (Å²) in [5.41, 5.74) is 3.73. The van der Waals surface area contributed by atoms with Crippen LogP contribution in [0, 0.1) is 19.8 Å². The number of carbonyl (C=O) groups is 2. The molecule has 2 amide bonds. The molecule has 2 aromatic carbocycles. The molecule has 0 saturated heterocycles. The third kappa shape index (κ3) is 5.06. The molecule has 6 heteroatoms. The Labute approximate surface area is 177 Å². The summed E-state index contributed by atoms with van der Waals surface area (Å²) in [5.74, 6) is 0.564. The molecule has 0 spiro atoms. The van der Waals surface area contributed by atoms with Gasteiger partial charge in [-0.05, 0) is 50.5 Å². The van der Waals surface area contributed by atoms with Gasteiger partial charge in [0.2, 0.25) is 5.91 Å². The fraction of sp³-hybridized carbons (Fsp3) is 0.375. The molecule has 0 aliphatic heterocycles. The summed E-state index contributed by atoms with van der Waals surface area (Å²) in [7, 11) is 0. The van der Waals surface area contributed by atoms with Gasteiger partial charge in [-0.25, -0.2) is 4.98 Å². The molecule has 0 radical (unpaired) electrons. The molecule has 0 aliphatic rings. The summed E-state index contributed by atoms with van der Waals surface area (Å²) in [6, 6.07) is 14.8. The van der Waals surface area contributed by atoms with Crippen LogP contribution in [0.2, 0.25) is 0 Å². The number of amides is 2. The van der Waals surface area contributed by atoms with Crippen LogP contribution >= 0.6 is 0 Å². The average Bonchev–Trinajstić information content (AvgIpc) is 3.04. The van der Waals surface area contributed by atoms with E-state index in [0.717, 1.165) is 35.4 Å². The van der Waals surface area contributed by atoms with Gasteiger partial charge in [-0.3, -0.25) is 9.59 Å². The highest BCUT2D eigenvalue weighted by Gasteiger charge is 2.24. The number of hydrogen-bond acceptors (Lipinski definition) is 3. The first-order chi connectivity index (χ1) is 14.4. The highest BCUT2D eigenvalue weighted by molar-refractivity contribution is 5.97. The van der Waals surface area contributed by atoms with Crippen LogP contribution in [0.5, 0.6) is 0 Å². The van der Waals surface area contributed by atoms with Gasteiger partial charge in [0.1, 0.15) is 11.9 Å². The number of aryl methyl sites for hydroxylation is 3. The molecule has 0 fully saturated rings. The van der Waals surface area contributed by atoms with Crippen LogP contribution in [0.25, 0.3) is 11.0 Å². The summed E-state index contributed by atoms with van der Waals surface area (Å²) in [5, 5.41) is 5.85. The van der Waals surface area contributed by atoms with Crippen LogP contribution in [-0.2, 0) is 11.3 Å². The second-order valence-electron chi connectivity index (χ2n) is 8.01. The summed E-state index contributed by atoms with van der Waals surface area (Å²) >= 11 is 0. The lowest BCUT2D eigenvalue weighted by Gasteiger charge is -2.22. The van der Waals surface area contributed by atoms with Crippen molar-refractivity contribution in [3.63, 3.8) is 0 Å². The van der Waals surface area contributed by atoms with Gasteiger partial charge < -0.3 is 15.2 Å². The zero-order chi connectivity index (χ0) is 21.7. The fourth-order valence-electron chi connectivity index (χ4n) is 3.50. The van der Waals surface area contributed by atoms with Gasteiger partial charge in [-0.15, -0.1) is 0 Å². The van der Waals surface area contributed by atoms with Gasteiger partial charge in [-0.1, -0.05) is 43.7 Å². The van der Waals surface area contributed by atoms with E-state index in [9.17, 15) is 9.59 Å². The summed E-state index contributed by atoms with van der Waals surface area (Å²) in [4.78, 5) is 29.8. The predicted molar refractivity (Wildman–Crippen MR) is 119 cm³/mol. The van der Waals surface area contributed by atoms with Crippen LogP contribution in [0.4, 0.5) is 0 Å². The average molecular weight is 407 g/mol. The van der Waals surface area contributed by atoms with Crippen molar-refractivity contribution < 1.29 is 9.59 Å². The minimum atomic E-state index is -0.574. The van der Waals surface area contributed by atoms with Crippen molar-refractivity contribution in [3.05, 3.63) is 65.5 Å². The molecule has 3 aromatic rings. The summed E-state index contributed by atoms with van der Waals surface area (Å²) in [6.07, 6.45) is 0.781. The van der Waals surface area contributed by atoms with E-state index in [2.05, 4.69) is 26.3 Å². The van der Waals surface area contributed by atoms with E-state index in [1.165, 1.54) is 0 Å². The van der Waals surface area contributed by atoms with E-state index in [1.54, 1.807) is 12.1 Å². The number of hydrogen-bond donors (Lipinski definition) is 2. The van der Waals surface area contributed by atoms with E-state index >= 15 is 0 Å². The van der Waals surface area contributed by atoms with Gasteiger partial charge in [0.05, 0.1) is 11.0 Å². The number of imidazole rings is 1. The zero-order valence-corrected chi connectivity index (χ0v) is 18.1. The second-order valence-corrected chi connectivity index (χ2v) is 8.01.